The van der Waals surface area contributed by atoms with Crippen molar-refractivity contribution < 1.29 is 8.42 Å². The fourth-order valence-corrected chi connectivity index (χ4v) is 4.95. The molecular weight excluding hydrogens is 262 g/mol. The minimum Gasteiger partial charge on any atom is -0.338 e. The zero-order valence-corrected chi connectivity index (χ0v) is 12.5. The number of hydrogen-bond acceptors (Lipinski definition) is 4. The van der Waals surface area contributed by atoms with Gasteiger partial charge in [0.05, 0.1) is 11.0 Å². The monoisotopic (exact) mass is 285 g/mol. The molecule has 0 saturated carbocycles. The lowest BCUT2D eigenvalue weighted by Crippen LogP contribution is -2.48. The number of nitrogens with zero attached hydrogens (tertiary/aromatic N) is 2. The molecule has 2 unspecified atom stereocenters. The maximum atomic E-state index is 12.2. The van der Waals surface area contributed by atoms with Gasteiger partial charge >= 0.3 is 0 Å². The number of aryl methyl sites for hydroxylation is 1. The molecule has 2 atom stereocenters. The number of hydrogen-bond donors (Lipinski definition) is 1. The quantitative estimate of drug-likeness (QED) is 0.873. The molecule has 1 fully saturated rings. The normalized spacial score (nSPS) is 24.2. The van der Waals surface area contributed by atoms with Crippen LogP contribution >= 0.6 is 0 Å². The van der Waals surface area contributed by atoms with E-state index in [1.54, 1.807) is 6.20 Å². The Bertz CT molecular complexity index is 510. The van der Waals surface area contributed by atoms with Crippen LogP contribution in [0.2, 0.25) is 0 Å². The minimum atomic E-state index is -2.96. The van der Waals surface area contributed by atoms with Crippen LogP contribution in [-0.4, -0.2) is 41.6 Å². The van der Waals surface area contributed by atoms with Crippen molar-refractivity contribution in [2.24, 2.45) is 7.05 Å². The molecule has 0 aliphatic carbocycles. The highest BCUT2D eigenvalue weighted by Crippen LogP contribution is 2.24. The summed E-state index contributed by atoms with van der Waals surface area (Å²) in [6, 6.07) is -0.0311. The standard InChI is InChI=1S/C13H23N3O2S/c1-3-14-11(10-13-15-7-8-16(13)2)12-6-4-5-9-19(12,17)18/h7-8,11-12,14H,3-6,9-10H2,1-2H3. The van der Waals surface area contributed by atoms with Gasteiger partial charge in [0.2, 0.25) is 0 Å². The van der Waals surface area contributed by atoms with Gasteiger partial charge in [-0.15, -0.1) is 0 Å². The van der Waals surface area contributed by atoms with E-state index in [4.69, 9.17) is 0 Å². The number of aromatic nitrogens is 2. The van der Waals surface area contributed by atoms with Gasteiger partial charge in [-0.05, 0) is 19.4 Å². The van der Waals surface area contributed by atoms with Crippen LogP contribution in [0, 0.1) is 0 Å². The molecule has 1 aliphatic rings. The van der Waals surface area contributed by atoms with E-state index >= 15 is 0 Å². The molecule has 6 heteroatoms. The van der Waals surface area contributed by atoms with Crippen molar-refractivity contribution in [3.8, 4) is 0 Å². The summed E-state index contributed by atoms with van der Waals surface area (Å²) in [5.41, 5.74) is 0. The van der Waals surface area contributed by atoms with Gasteiger partial charge in [-0.25, -0.2) is 13.4 Å². The Hall–Kier alpha value is -0.880. The number of likely N-dealkylation sites (N-methyl/N-ethyl adjacent to an activating group) is 1. The van der Waals surface area contributed by atoms with Gasteiger partial charge in [0, 0.05) is 31.9 Å². The van der Waals surface area contributed by atoms with Crippen molar-refractivity contribution in [3.05, 3.63) is 18.2 Å². The maximum absolute atomic E-state index is 12.2. The first-order valence-electron chi connectivity index (χ1n) is 6.95. The Morgan fingerprint density at radius 3 is 2.89 bits per heavy atom. The highest BCUT2D eigenvalue weighted by molar-refractivity contribution is 7.92. The summed E-state index contributed by atoms with van der Waals surface area (Å²) in [7, 11) is -1.02. The largest absolute Gasteiger partial charge is 0.338 e. The summed E-state index contributed by atoms with van der Waals surface area (Å²) in [5, 5.41) is 3.08. The molecule has 1 aromatic rings. The summed E-state index contributed by atoms with van der Waals surface area (Å²) >= 11 is 0. The van der Waals surface area contributed by atoms with Crippen LogP contribution in [-0.2, 0) is 23.3 Å². The van der Waals surface area contributed by atoms with Crippen molar-refractivity contribution >= 4 is 9.84 Å². The molecule has 0 aromatic carbocycles. The lowest BCUT2D eigenvalue weighted by Gasteiger charge is -2.30. The van der Waals surface area contributed by atoms with E-state index in [-0.39, 0.29) is 11.3 Å². The second kappa shape index (κ2) is 6.05. The predicted molar refractivity (Wildman–Crippen MR) is 75.8 cm³/mol. The molecule has 0 spiro atoms. The van der Waals surface area contributed by atoms with Crippen LogP contribution in [0.3, 0.4) is 0 Å². The molecule has 0 radical (unpaired) electrons. The van der Waals surface area contributed by atoms with Crippen LogP contribution in [0.5, 0.6) is 0 Å². The third-order valence-electron chi connectivity index (χ3n) is 3.87. The zero-order chi connectivity index (χ0) is 13.9. The van der Waals surface area contributed by atoms with E-state index in [1.807, 2.05) is 24.7 Å². The summed E-state index contributed by atoms with van der Waals surface area (Å²) in [6.45, 7) is 2.79. The Balaban J connectivity index is 2.17. The van der Waals surface area contributed by atoms with E-state index in [1.165, 1.54) is 0 Å². The van der Waals surface area contributed by atoms with Crippen LogP contribution in [0.15, 0.2) is 12.4 Å². The highest BCUT2D eigenvalue weighted by Gasteiger charge is 2.35. The van der Waals surface area contributed by atoms with Gasteiger partial charge in [-0.1, -0.05) is 13.3 Å². The zero-order valence-electron chi connectivity index (χ0n) is 11.7. The first-order chi connectivity index (χ1) is 9.04. The Kier molecular flexibility index (Phi) is 4.62. The van der Waals surface area contributed by atoms with E-state index < -0.39 is 9.84 Å². The minimum absolute atomic E-state index is 0.0311. The second-order valence-electron chi connectivity index (χ2n) is 5.22. The Morgan fingerprint density at radius 2 is 2.32 bits per heavy atom. The van der Waals surface area contributed by atoms with Crippen LogP contribution in [0.25, 0.3) is 0 Å². The summed E-state index contributed by atoms with van der Waals surface area (Å²) in [5.74, 6) is 1.27. The molecule has 0 amide bonds. The molecule has 0 bridgehead atoms. The van der Waals surface area contributed by atoms with Crippen LogP contribution < -0.4 is 5.32 Å². The smallest absolute Gasteiger partial charge is 0.154 e. The summed E-state index contributed by atoms with van der Waals surface area (Å²) < 4.78 is 26.4. The molecule has 2 heterocycles. The molecule has 2 rings (SSSR count). The van der Waals surface area contributed by atoms with Crippen molar-refractivity contribution in [2.75, 3.05) is 12.3 Å². The molecule has 1 saturated heterocycles. The lowest BCUT2D eigenvalue weighted by atomic mass is 10.0. The molecule has 1 aromatic heterocycles. The SMILES string of the molecule is CCNC(Cc1nccn1C)C1CCCCS1(=O)=O. The molecule has 5 nitrogen and oxygen atoms in total. The van der Waals surface area contributed by atoms with Gasteiger partial charge in [0.25, 0.3) is 0 Å². The molecule has 19 heavy (non-hydrogen) atoms. The van der Waals surface area contributed by atoms with E-state index in [0.717, 1.165) is 31.6 Å². The summed E-state index contributed by atoms with van der Waals surface area (Å²) in [6.07, 6.45) is 6.90. The van der Waals surface area contributed by atoms with Gasteiger partial charge in [-0.3, -0.25) is 0 Å². The number of imidazole rings is 1. The number of rotatable bonds is 5. The second-order valence-corrected chi connectivity index (χ2v) is 7.56. The average molecular weight is 285 g/mol. The third-order valence-corrected chi connectivity index (χ3v) is 6.21. The third kappa shape index (κ3) is 3.36. The highest BCUT2D eigenvalue weighted by atomic mass is 32.2. The fourth-order valence-electron chi connectivity index (χ4n) is 2.82. The lowest BCUT2D eigenvalue weighted by molar-refractivity contribution is 0.433. The molecule has 108 valence electrons. The Labute approximate surface area is 115 Å². The topological polar surface area (TPSA) is 64.0 Å². The summed E-state index contributed by atoms with van der Waals surface area (Å²) in [4.78, 5) is 4.31. The van der Waals surface area contributed by atoms with Gasteiger partial charge in [0.1, 0.15) is 5.82 Å². The van der Waals surface area contributed by atoms with Crippen molar-refractivity contribution in [1.29, 1.82) is 0 Å². The first-order valence-corrected chi connectivity index (χ1v) is 8.67. The van der Waals surface area contributed by atoms with Crippen molar-refractivity contribution in [1.82, 2.24) is 14.9 Å². The first kappa shape index (κ1) is 14.5. The maximum Gasteiger partial charge on any atom is 0.154 e. The molecular formula is C13H23N3O2S. The van der Waals surface area contributed by atoms with E-state index in [2.05, 4.69) is 10.3 Å². The van der Waals surface area contributed by atoms with Crippen LogP contribution in [0.1, 0.15) is 32.0 Å². The fraction of sp³-hybridized carbons (Fsp3) is 0.769. The van der Waals surface area contributed by atoms with Gasteiger partial charge in [0.15, 0.2) is 9.84 Å². The number of nitrogens with one attached hydrogen (secondary N) is 1. The predicted octanol–water partition coefficient (Wildman–Crippen LogP) is 0.908. The van der Waals surface area contributed by atoms with Gasteiger partial charge in [-0.2, -0.15) is 0 Å². The van der Waals surface area contributed by atoms with Gasteiger partial charge < -0.3 is 9.88 Å². The molecule has 1 N–H and O–H groups in total. The van der Waals surface area contributed by atoms with Crippen molar-refractivity contribution in [2.45, 2.75) is 43.9 Å². The van der Waals surface area contributed by atoms with Crippen molar-refractivity contribution in [3.63, 3.8) is 0 Å². The van der Waals surface area contributed by atoms with E-state index in [9.17, 15) is 8.42 Å². The Morgan fingerprint density at radius 1 is 1.53 bits per heavy atom. The molecule has 1 aliphatic heterocycles. The number of sulfone groups is 1. The van der Waals surface area contributed by atoms with Crippen LogP contribution in [0.4, 0.5) is 0 Å². The van der Waals surface area contributed by atoms with E-state index in [0.29, 0.717) is 12.2 Å². The average Bonchev–Trinajstić information content (AvgIpc) is 2.74.